The normalized spacial score (nSPS) is 20.5. The van der Waals surface area contributed by atoms with E-state index in [0.29, 0.717) is 5.92 Å². The predicted molar refractivity (Wildman–Crippen MR) is 79.9 cm³/mol. The van der Waals surface area contributed by atoms with Crippen molar-refractivity contribution < 1.29 is 8.85 Å². The van der Waals surface area contributed by atoms with Gasteiger partial charge in [0, 0.05) is 20.1 Å². The van der Waals surface area contributed by atoms with Gasteiger partial charge in [0.25, 0.3) is 0 Å². The summed E-state index contributed by atoms with van der Waals surface area (Å²) in [6.45, 7) is 9.09. The number of hydrogen-bond donors (Lipinski definition) is 0. The highest BCUT2D eigenvalue weighted by Crippen LogP contribution is 2.44. The Labute approximate surface area is 114 Å². The standard InChI is InChI=1S/C15H28O2Si/c1-7-11-12(8-2)14(10-4)15(13(11)9-3)18(16-5)17-6/h13,18H,7-10H2,1-6H3. The minimum absolute atomic E-state index is 0.580. The van der Waals surface area contributed by atoms with Gasteiger partial charge in [-0.15, -0.1) is 0 Å². The van der Waals surface area contributed by atoms with Crippen LogP contribution in [0.25, 0.3) is 0 Å². The van der Waals surface area contributed by atoms with Gasteiger partial charge in [0.05, 0.1) is 0 Å². The lowest BCUT2D eigenvalue weighted by Gasteiger charge is -2.22. The molecule has 0 aliphatic heterocycles. The smallest absolute Gasteiger partial charge is 0.352 e. The number of hydrogen-bond acceptors (Lipinski definition) is 2. The molecule has 0 saturated heterocycles. The van der Waals surface area contributed by atoms with Crippen molar-refractivity contribution in [2.75, 3.05) is 14.2 Å². The number of allylic oxidation sites excluding steroid dienone is 4. The zero-order valence-corrected chi connectivity index (χ0v) is 14.0. The molecule has 0 bridgehead atoms. The second-order valence-corrected chi connectivity index (χ2v) is 6.99. The van der Waals surface area contributed by atoms with E-state index in [1.807, 2.05) is 0 Å². The maximum absolute atomic E-state index is 5.67. The summed E-state index contributed by atoms with van der Waals surface area (Å²) in [5, 5.41) is 1.51. The minimum Gasteiger partial charge on any atom is -0.397 e. The Balaban J connectivity index is 3.28. The van der Waals surface area contributed by atoms with Gasteiger partial charge >= 0.3 is 9.28 Å². The molecular weight excluding hydrogens is 240 g/mol. The summed E-state index contributed by atoms with van der Waals surface area (Å²) in [6.07, 6.45) is 4.57. The molecule has 1 unspecified atom stereocenters. The summed E-state index contributed by atoms with van der Waals surface area (Å²) in [5.74, 6) is 0.580. The molecule has 2 nitrogen and oxygen atoms in total. The largest absolute Gasteiger partial charge is 0.397 e. The van der Waals surface area contributed by atoms with E-state index in [4.69, 9.17) is 8.85 Å². The van der Waals surface area contributed by atoms with E-state index in [9.17, 15) is 0 Å². The zero-order valence-electron chi connectivity index (χ0n) is 12.8. The van der Waals surface area contributed by atoms with Crippen molar-refractivity contribution >= 4 is 9.28 Å². The van der Waals surface area contributed by atoms with Crippen LogP contribution in [0.3, 0.4) is 0 Å². The Hall–Kier alpha value is -0.383. The molecule has 0 radical (unpaired) electrons. The Morgan fingerprint density at radius 3 is 1.78 bits per heavy atom. The average Bonchev–Trinajstić information content (AvgIpc) is 2.72. The summed E-state index contributed by atoms with van der Waals surface area (Å²) < 4.78 is 11.3. The Bertz CT molecular complexity index is 340. The van der Waals surface area contributed by atoms with Gasteiger partial charge in [0.2, 0.25) is 0 Å². The van der Waals surface area contributed by atoms with Crippen molar-refractivity contribution in [2.24, 2.45) is 5.92 Å². The monoisotopic (exact) mass is 268 g/mol. The molecule has 18 heavy (non-hydrogen) atoms. The molecule has 1 aliphatic rings. The lowest BCUT2D eigenvalue weighted by Crippen LogP contribution is -2.27. The summed E-state index contributed by atoms with van der Waals surface area (Å²) in [7, 11) is 1.93. The van der Waals surface area contributed by atoms with Crippen LogP contribution < -0.4 is 0 Å². The van der Waals surface area contributed by atoms with E-state index >= 15 is 0 Å². The van der Waals surface area contributed by atoms with Crippen molar-refractivity contribution in [3.05, 3.63) is 21.9 Å². The van der Waals surface area contributed by atoms with Gasteiger partial charge in [0.15, 0.2) is 0 Å². The summed E-state index contributed by atoms with van der Waals surface area (Å²) in [4.78, 5) is 0. The van der Waals surface area contributed by atoms with E-state index in [0.717, 1.165) is 19.3 Å². The fourth-order valence-corrected chi connectivity index (χ4v) is 5.55. The van der Waals surface area contributed by atoms with Crippen LogP contribution >= 0.6 is 0 Å². The van der Waals surface area contributed by atoms with Crippen LogP contribution in [0.4, 0.5) is 0 Å². The van der Waals surface area contributed by atoms with Gasteiger partial charge in [-0.05, 0) is 42.0 Å². The maximum atomic E-state index is 5.67. The molecule has 0 aromatic carbocycles. The Morgan fingerprint density at radius 1 is 0.889 bits per heavy atom. The highest BCUT2D eigenvalue weighted by molar-refractivity contribution is 6.54. The molecule has 0 heterocycles. The lowest BCUT2D eigenvalue weighted by atomic mass is 9.94. The summed E-state index contributed by atoms with van der Waals surface area (Å²) in [6, 6.07) is 0. The third-order valence-electron chi connectivity index (χ3n) is 4.07. The molecule has 0 saturated carbocycles. The van der Waals surface area contributed by atoms with Crippen LogP contribution in [-0.4, -0.2) is 23.5 Å². The van der Waals surface area contributed by atoms with E-state index in [2.05, 4.69) is 27.7 Å². The first-order chi connectivity index (χ1) is 8.69. The van der Waals surface area contributed by atoms with Gasteiger partial charge in [-0.2, -0.15) is 0 Å². The average molecular weight is 268 g/mol. The Kier molecular flexibility index (Phi) is 6.33. The molecule has 0 aromatic rings. The summed E-state index contributed by atoms with van der Waals surface area (Å²) in [5.41, 5.74) is 4.77. The second kappa shape index (κ2) is 7.27. The highest BCUT2D eigenvalue weighted by atomic mass is 28.3. The molecule has 0 spiro atoms. The first-order valence-corrected chi connectivity index (χ1v) is 8.72. The van der Waals surface area contributed by atoms with E-state index in [1.54, 1.807) is 30.9 Å². The molecule has 1 atom stereocenters. The van der Waals surface area contributed by atoms with Crippen molar-refractivity contribution in [1.82, 2.24) is 0 Å². The van der Waals surface area contributed by atoms with Crippen molar-refractivity contribution in [1.29, 1.82) is 0 Å². The molecule has 0 aromatic heterocycles. The van der Waals surface area contributed by atoms with Gasteiger partial charge in [0.1, 0.15) is 0 Å². The van der Waals surface area contributed by atoms with Gasteiger partial charge in [-0.3, -0.25) is 0 Å². The van der Waals surface area contributed by atoms with Gasteiger partial charge < -0.3 is 8.85 Å². The van der Waals surface area contributed by atoms with Crippen molar-refractivity contribution in [2.45, 2.75) is 53.4 Å². The summed E-state index contributed by atoms with van der Waals surface area (Å²) >= 11 is 0. The molecule has 0 amide bonds. The maximum Gasteiger partial charge on any atom is 0.352 e. The molecule has 3 heteroatoms. The lowest BCUT2D eigenvalue weighted by molar-refractivity contribution is 0.283. The first kappa shape index (κ1) is 15.7. The van der Waals surface area contributed by atoms with Crippen molar-refractivity contribution in [3.8, 4) is 0 Å². The van der Waals surface area contributed by atoms with Crippen molar-refractivity contribution in [3.63, 3.8) is 0 Å². The molecule has 1 rings (SSSR count). The molecule has 0 fully saturated rings. The van der Waals surface area contributed by atoms with Gasteiger partial charge in [-0.25, -0.2) is 0 Å². The van der Waals surface area contributed by atoms with Crippen LogP contribution in [-0.2, 0) is 8.85 Å². The fourth-order valence-electron chi connectivity index (χ4n) is 3.42. The topological polar surface area (TPSA) is 18.5 Å². The third kappa shape index (κ3) is 2.63. The van der Waals surface area contributed by atoms with Crippen LogP contribution in [0, 0.1) is 5.92 Å². The quantitative estimate of drug-likeness (QED) is 0.652. The van der Waals surface area contributed by atoms with Crippen LogP contribution in [0.1, 0.15) is 53.4 Å². The highest BCUT2D eigenvalue weighted by Gasteiger charge is 2.35. The third-order valence-corrected chi connectivity index (χ3v) is 6.19. The Morgan fingerprint density at radius 2 is 1.44 bits per heavy atom. The van der Waals surface area contributed by atoms with Crippen LogP contribution in [0.15, 0.2) is 21.9 Å². The molecule has 0 N–H and O–H groups in total. The minimum atomic E-state index is -1.66. The molecule has 1 aliphatic carbocycles. The fraction of sp³-hybridized carbons (Fsp3) is 0.733. The van der Waals surface area contributed by atoms with Crippen LogP contribution in [0.5, 0.6) is 0 Å². The van der Waals surface area contributed by atoms with Gasteiger partial charge in [-0.1, -0.05) is 33.3 Å². The second-order valence-electron chi connectivity index (χ2n) is 4.76. The SMILES string of the molecule is CCC1=C(CC)C(CC)C([SiH](OC)OC)=C1CC. The molecule has 104 valence electrons. The van der Waals surface area contributed by atoms with E-state index in [1.165, 1.54) is 11.6 Å². The van der Waals surface area contributed by atoms with E-state index < -0.39 is 9.28 Å². The predicted octanol–water partition coefficient (Wildman–Crippen LogP) is 3.90. The first-order valence-electron chi connectivity index (χ1n) is 7.20. The van der Waals surface area contributed by atoms with E-state index in [-0.39, 0.29) is 0 Å². The number of rotatable bonds is 7. The van der Waals surface area contributed by atoms with Crippen LogP contribution in [0.2, 0.25) is 0 Å². The molecular formula is C15H28O2Si. The zero-order chi connectivity index (χ0) is 13.7.